The van der Waals surface area contributed by atoms with Crippen molar-refractivity contribution in [2.75, 3.05) is 19.5 Å². The summed E-state index contributed by atoms with van der Waals surface area (Å²) in [4.78, 5) is 24.7. The molecule has 0 saturated carbocycles. The molecule has 0 bridgehead atoms. The number of benzene rings is 1. The van der Waals surface area contributed by atoms with Crippen LogP contribution in [0.2, 0.25) is 0 Å². The molecule has 1 atom stereocenters. The summed E-state index contributed by atoms with van der Waals surface area (Å²) in [7, 11) is 2.84. The number of rotatable bonds is 10. The van der Waals surface area contributed by atoms with E-state index in [0.29, 0.717) is 17.9 Å². The van der Waals surface area contributed by atoms with E-state index < -0.39 is 11.6 Å². The lowest BCUT2D eigenvalue weighted by Gasteiger charge is -2.27. The van der Waals surface area contributed by atoms with Crippen LogP contribution in [0.15, 0.2) is 18.2 Å². The molecule has 1 N–H and O–H groups in total. The van der Waals surface area contributed by atoms with E-state index in [1.165, 1.54) is 14.2 Å². The number of nitrogens with one attached hydrogen (secondary N) is 1. The number of amides is 1. The first-order chi connectivity index (χ1) is 12.3. The van der Waals surface area contributed by atoms with Crippen molar-refractivity contribution in [3.63, 3.8) is 0 Å². The molecular weight excluding hydrogens is 334 g/mol. The van der Waals surface area contributed by atoms with Crippen LogP contribution in [0.25, 0.3) is 0 Å². The third-order valence-electron chi connectivity index (χ3n) is 4.19. The van der Waals surface area contributed by atoms with Crippen LogP contribution in [0.1, 0.15) is 63.7 Å². The Labute approximate surface area is 156 Å². The molecule has 0 radical (unpaired) electrons. The van der Waals surface area contributed by atoms with E-state index in [2.05, 4.69) is 12.2 Å². The quantitative estimate of drug-likeness (QED) is 0.497. The van der Waals surface area contributed by atoms with Gasteiger partial charge in [-0.25, -0.2) is 4.79 Å². The van der Waals surface area contributed by atoms with Gasteiger partial charge in [-0.2, -0.15) is 0 Å². The Balaban J connectivity index is 3.00. The highest BCUT2D eigenvalue weighted by atomic mass is 16.5. The van der Waals surface area contributed by atoms with Crippen LogP contribution in [0.3, 0.4) is 0 Å². The minimum atomic E-state index is -0.923. The van der Waals surface area contributed by atoms with Gasteiger partial charge < -0.3 is 19.5 Å². The summed E-state index contributed by atoms with van der Waals surface area (Å²) in [6, 6.07) is 4.91. The zero-order chi connectivity index (χ0) is 19.7. The molecule has 0 saturated heterocycles. The molecule has 0 unspecified atom stereocenters. The van der Waals surface area contributed by atoms with Gasteiger partial charge >= 0.3 is 5.97 Å². The highest BCUT2D eigenvalue weighted by molar-refractivity contribution is 5.99. The predicted molar refractivity (Wildman–Crippen MR) is 102 cm³/mol. The molecule has 0 aliphatic heterocycles. The number of hydrogen-bond acceptors (Lipinski definition) is 5. The maximum absolute atomic E-state index is 12.7. The fourth-order valence-corrected chi connectivity index (χ4v) is 2.52. The van der Waals surface area contributed by atoms with Gasteiger partial charge in [0.15, 0.2) is 0 Å². The van der Waals surface area contributed by atoms with Gasteiger partial charge in [-0.3, -0.25) is 4.79 Å². The lowest BCUT2D eigenvalue weighted by Crippen LogP contribution is -2.42. The van der Waals surface area contributed by atoms with E-state index in [9.17, 15) is 9.59 Å². The van der Waals surface area contributed by atoms with Gasteiger partial charge in [0.25, 0.3) is 5.91 Å². The van der Waals surface area contributed by atoms with Gasteiger partial charge in [0, 0.05) is 12.8 Å². The Hall–Kier alpha value is -2.08. The average Bonchev–Trinajstić information content (AvgIpc) is 2.61. The van der Waals surface area contributed by atoms with Gasteiger partial charge in [0.2, 0.25) is 0 Å². The van der Waals surface area contributed by atoms with E-state index in [1.54, 1.807) is 25.1 Å². The Bertz CT molecular complexity index is 614. The number of anilines is 1. The Morgan fingerprint density at radius 3 is 2.42 bits per heavy atom. The minimum absolute atomic E-state index is 0.0887. The van der Waals surface area contributed by atoms with Crippen molar-refractivity contribution in [1.82, 2.24) is 0 Å². The summed E-state index contributed by atoms with van der Waals surface area (Å²) in [5, 5.41) is 2.83. The molecule has 0 fully saturated rings. The molecule has 0 spiro atoms. The molecule has 26 heavy (non-hydrogen) atoms. The molecular formula is C20H31NO5. The maximum Gasteiger partial charge on any atom is 0.341 e. The number of carbonyl (C=O) groups is 2. The zero-order valence-electron chi connectivity index (χ0n) is 16.7. The second-order valence-electron chi connectivity index (χ2n) is 6.72. The second kappa shape index (κ2) is 10.2. The predicted octanol–water partition coefficient (Wildman–Crippen LogP) is 4.18. The number of esters is 1. The lowest BCUT2D eigenvalue weighted by molar-refractivity contribution is -0.136. The first-order valence-electron chi connectivity index (χ1n) is 9.03. The third-order valence-corrected chi connectivity index (χ3v) is 4.19. The number of carbonyl (C=O) groups excluding carboxylic acids is 2. The summed E-state index contributed by atoms with van der Waals surface area (Å²) in [6.45, 7) is 7.63. The van der Waals surface area contributed by atoms with Crippen molar-refractivity contribution in [2.24, 2.45) is 0 Å². The monoisotopic (exact) mass is 365 g/mol. The second-order valence-corrected chi connectivity index (χ2v) is 6.72. The molecule has 6 heteroatoms. The van der Waals surface area contributed by atoms with Gasteiger partial charge in [-0.15, -0.1) is 0 Å². The van der Waals surface area contributed by atoms with E-state index in [1.807, 2.05) is 13.8 Å². The molecule has 146 valence electrons. The Morgan fingerprint density at radius 2 is 1.88 bits per heavy atom. The highest BCUT2D eigenvalue weighted by Crippen LogP contribution is 2.27. The average molecular weight is 365 g/mol. The topological polar surface area (TPSA) is 73.9 Å². The van der Waals surface area contributed by atoms with Crippen LogP contribution in [-0.4, -0.2) is 37.8 Å². The minimum Gasteiger partial charge on any atom is -0.490 e. The molecule has 1 aromatic carbocycles. The van der Waals surface area contributed by atoms with Gasteiger partial charge in [0.1, 0.15) is 16.9 Å². The number of methoxy groups -OCH3 is 2. The van der Waals surface area contributed by atoms with Gasteiger partial charge in [0.05, 0.1) is 13.2 Å². The molecule has 0 aliphatic rings. The van der Waals surface area contributed by atoms with Gasteiger partial charge in [-0.1, -0.05) is 26.2 Å². The van der Waals surface area contributed by atoms with Crippen molar-refractivity contribution in [1.29, 1.82) is 0 Å². The first-order valence-corrected chi connectivity index (χ1v) is 9.03. The third kappa shape index (κ3) is 6.02. The molecule has 0 aromatic heterocycles. The van der Waals surface area contributed by atoms with Crippen LogP contribution in [0.5, 0.6) is 5.75 Å². The van der Waals surface area contributed by atoms with Crippen LogP contribution in [-0.2, 0) is 14.3 Å². The number of unbranched alkanes of at least 4 members (excludes halogenated alkanes) is 2. The van der Waals surface area contributed by atoms with E-state index in [4.69, 9.17) is 14.2 Å². The fraction of sp³-hybridized carbons (Fsp3) is 0.600. The van der Waals surface area contributed by atoms with Crippen LogP contribution < -0.4 is 10.1 Å². The normalized spacial score (nSPS) is 13.2. The standard InChI is InChI=1S/C20H31NO5/c1-7-8-9-12-20(4,25-6)19(23)21-15-10-11-17(26-14(2)3)16(13-15)18(22)24-5/h10-11,13-14H,7-9,12H2,1-6H3,(H,21,23)/t20-/m1/s1. The summed E-state index contributed by atoms with van der Waals surface area (Å²) in [5.41, 5.74) is -0.164. The summed E-state index contributed by atoms with van der Waals surface area (Å²) < 4.78 is 15.9. The van der Waals surface area contributed by atoms with Crippen LogP contribution in [0.4, 0.5) is 5.69 Å². The molecule has 0 heterocycles. The van der Waals surface area contributed by atoms with Crippen LogP contribution in [0, 0.1) is 0 Å². The molecule has 1 rings (SSSR count). The SMILES string of the molecule is CCCCC[C@@](C)(OC)C(=O)Nc1ccc(OC(C)C)c(C(=O)OC)c1. The van der Waals surface area contributed by atoms with E-state index >= 15 is 0 Å². The van der Waals surface area contributed by atoms with Gasteiger partial charge in [-0.05, 0) is 45.4 Å². The van der Waals surface area contributed by atoms with E-state index in [-0.39, 0.29) is 17.6 Å². The summed E-state index contributed by atoms with van der Waals surface area (Å²) in [5.74, 6) is -0.346. The van der Waals surface area contributed by atoms with Crippen molar-refractivity contribution in [3.05, 3.63) is 23.8 Å². The summed E-state index contributed by atoms with van der Waals surface area (Å²) in [6.07, 6.45) is 3.56. The Kier molecular flexibility index (Phi) is 8.58. The van der Waals surface area contributed by atoms with Crippen molar-refractivity contribution in [3.8, 4) is 5.75 Å². The molecule has 0 aliphatic carbocycles. The largest absolute Gasteiger partial charge is 0.490 e. The zero-order valence-corrected chi connectivity index (χ0v) is 16.7. The highest BCUT2D eigenvalue weighted by Gasteiger charge is 2.32. The van der Waals surface area contributed by atoms with Crippen molar-refractivity contribution >= 4 is 17.6 Å². The van der Waals surface area contributed by atoms with Crippen molar-refractivity contribution < 1.29 is 23.8 Å². The first kappa shape index (κ1) is 22.0. The summed E-state index contributed by atoms with van der Waals surface area (Å²) >= 11 is 0. The van der Waals surface area contributed by atoms with Crippen LogP contribution >= 0.6 is 0 Å². The molecule has 1 aromatic rings. The fourth-order valence-electron chi connectivity index (χ4n) is 2.52. The number of ether oxygens (including phenoxy) is 3. The lowest BCUT2D eigenvalue weighted by atomic mass is 9.96. The maximum atomic E-state index is 12.7. The van der Waals surface area contributed by atoms with E-state index in [0.717, 1.165) is 19.3 Å². The number of hydrogen-bond donors (Lipinski definition) is 1. The smallest absolute Gasteiger partial charge is 0.341 e. The molecule has 6 nitrogen and oxygen atoms in total. The Morgan fingerprint density at radius 1 is 1.19 bits per heavy atom. The molecule has 1 amide bonds. The van der Waals surface area contributed by atoms with Crippen molar-refractivity contribution in [2.45, 2.75) is 65.1 Å².